The molecule has 2 saturated heterocycles. The first kappa shape index (κ1) is 17.3. The quantitative estimate of drug-likeness (QED) is 0.535. The second kappa shape index (κ2) is 7.01. The molecule has 0 aromatic rings. The highest BCUT2D eigenvalue weighted by Crippen LogP contribution is 2.45. The molecule has 122 valence electrons. The second-order valence-corrected chi connectivity index (χ2v) is 7.73. The number of unbranched alkanes of at least 4 members (excludes halogenated alkanes) is 2. The Labute approximate surface area is 131 Å². The van der Waals surface area contributed by atoms with Crippen molar-refractivity contribution in [3.05, 3.63) is 0 Å². The van der Waals surface area contributed by atoms with Crippen LogP contribution in [0.15, 0.2) is 0 Å². The van der Waals surface area contributed by atoms with Crippen LogP contribution in [0.5, 0.6) is 0 Å². The van der Waals surface area contributed by atoms with Crippen LogP contribution in [0, 0.1) is 5.92 Å². The number of hydrogen-bond donors (Lipinski definition) is 0. The summed E-state index contributed by atoms with van der Waals surface area (Å²) < 4.78 is 18.2. The molecule has 2 aliphatic heterocycles. The lowest BCUT2D eigenvalue weighted by molar-refractivity contribution is 0.00578. The standard InChI is InChI=1S/C17H33BO3/c1-6-7-8-9-15(14-10-12-19-13-11-14)18-20-16(2,3)17(4,5)21-18/h14-15H,6-13H2,1-5H3/t15-/m1/s1. The highest BCUT2D eigenvalue weighted by molar-refractivity contribution is 6.47. The van der Waals surface area contributed by atoms with E-state index < -0.39 is 0 Å². The molecule has 3 nitrogen and oxygen atoms in total. The molecule has 2 fully saturated rings. The molecule has 0 radical (unpaired) electrons. The van der Waals surface area contributed by atoms with Gasteiger partial charge in [0.2, 0.25) is 0 Å². The van der Waals surface area contributed by atoms with E-state index >= 15 is 0 Å². The van der Waals surface area contributed by atoms with E-state index in [1.54, 1.807) is 0 Å². The summed E-state index contributed by atoms with van der Waals surface area (Å²) in [4.78, 5) is 0. The Balaban J connectivity index is 2.04. The summed E-state index contributed by atoms with van der Waals surface area (Å²) in [7, 11) is -0.0463. The van der Waals surface area contributed by atoms with Gasteiger partial charge in [0.05, 0.1) is 11.2 Å². The van der Waals surface area contributed by atoms with Gasteiger partial charge in [-0.05, 0) is 52.3 Å². The van der Waals surface area contributed by atoms with Gasteiger partial charge in [0.25, 0.3) is 0 Å². The Morgan fingerprint density at radius 1 is 1.00 bits per heavy atom. The highest BCUT2D eigenvalue weighted by Gasteiger charge is 2.54. The van der Waals surface area contributed by atoms with Crippen molar-refractivity contribution in [1.29, 1.82) is 0 Å². The van der Waals surface area contributed by atoms with Crippen molar-refractivity contribution < 1.29 is 14.0 Å². The molecule has 2 heterocycles. The smallest absolute Gasteiger partial charge is 0.403 e. The fraction of sp³-hybridized carbons (Fsp3) is 1.00. The van der Waals surface area contributed by atoms with Crippen LogP contribution in [0.1, 0.15) is 73.1 Å². The SMILES string of the molecule is CCCCC[C@@H](B1OC(C)(C)C(C)(C)O1)C1CCOCC1. The molecular weight excluding hydrogens is 263 g/mol. The largest absolute Gasteiger partial charge is 0.461 e. The predicted molar refractivity (Wildman–Crippen MR) is 87.5 cm³/mol. The summed E-state index contributed by atoms with van der Waals surface area (Å²) in [5.74, 6) is 1.20. The molecule has 2 rings (SSSR count). The van der Waals surface area contributed by atoms with E-state index in [0.29, 0.717) is 11.7 Å². The first-order valence-corrected chi connectivity index (χ1v) is 8.81. The lowest BCUT2D eigenvalue weighted by Crippen LogP contribution is -2.41. The minimum absolute atomic E-state index is 0.0463. The summed E-state index contributed by atoms with van der Waals surface area (Å²) in [5.41, 5.74) is -0.433. The summed E-state index contributed by atoms with van der Waals surface area (Å²) >= 11 is 0. The zero-order valence-electron chi connectivity index (χ0n) is 14.6. The molecule has 0 bridgehead atoms. The lowest BCUT2D eigenvalue weighted by atomic mass is 9.61. The van der Waals surface area contributed by atoms with Gasteiger partial charge in [-0.1, -0.05) is 32.6 Å². The fourth-order valence-corrected chi connectivity index (χ4v) is 3.43. The maximum atomic E-state index is 6.35. The third kappa shape index (κ3) is 4.03. The van der Waals surface area contributed by atoms with Crippen LogP contribution in [0.3, 0.4) is 0 Å². The molecule has 0 aromatic heterocycles. The van der Waals surface area contributed by atoms with E-state index in [1.165, 1.54) is 25.7 Å². The predicted octanol–water partition coefficient (Wildman–Crippen LogP) is 4.46. The van der Waals surface area contributed by atoms with E-state index in [2.05, 4.69) is 34.6 Å². The van der Waals surface area contributed by atoms with Crippen LogP contribution >= 0.6 is 0 Å². The van der Waals surface area contributed by atoms with E-state index in [0.717, 1.165) is 26.1 Å². The third-order valence-electron chi connectivity index (χ3n) is 5.63. The van der Waals surface area contributed by atoms with Gasteiger partial charge in [-0.15, -0.1) is 0 Å². The van der Waals surface area contributed by atoms with Crippen molar-refractivity contribution >= 4 is 7.12 Å². The van der Waals surface area contributed by atoms with Crippen molar-refractivity contribution in [3.8, 4) is 0 Å². The summed E-state index contributed by atoms with van der Waals surface area (Å²) in [5, 5.41) is 0. The third-order valence-corrected chi connectivity index (χ3v) is 5.63. The van der Waals surface area contributed by atoms with Crippen molar-refractivity contribution in [2.45, 2.75) is 90.2 Å². The molecule has 0 aromatic carbocycles. The van der Waals surface area contributed by atoms with Gasteiger partial charge in [0.15, 0.2) is 0 Å². The highest BCUT2D eigenvalue weighted by atomic mass is 16.7. The minimum Gasteiger partial charge on any atom is -0.403 e. The van der Waals surface area contributed by atoms with Crippen LogP contribution in [-0.4, -0.2) is 31.5 Å². The van der Waals surface area contributed by atoms with Crippen LogP contribution in [-0.2, 0) is 14.0 Å². The monoisotopic (exact) mass is 296 g/mol. The summed E-state index contributed by atoms with van der Waals surface area (Å²) in [6.07, 6.45) is 7.38. The normalized spacial score (nSPS) is 27.0. The van der Waals surface area contributed by atoms with E-state index in [4.69, 9.17) is 14.0 Å². The summed E-state index contributed by atoms with van der Waals surface area (Å²) in [6, 6.07) is 0. The molecule has 0 amide bonds. The second-order valence-electron chi connectivity index (χ2n) is 7.73. The summed E-state index contributed by atoms with van der Waals surface area (Å²) in [6.45, 7) is 12.7. The molecule has 0 spiro atoms. The van der Waals surface area contributed by atoms with Gasteiger partial charge in [-0.2, -0.15) is 0 Å². The van der Waals surface area contributed by atoms with Gasteiger partial charge in [-0.3, -0.25) is 0 Å². The molecule has 0 unspecified atom stereocenters. The maximum absolute atomic E-state index is 6.35. The van der Waals surface area contributed by atoms with Gasteiger partial charge >= 0.3 is 7.12 Å². The minimum atomic E-state index is -0.216. The fourth-order valence-electron chi connectivity index (χ4n) is 3.43. The number of ether oxygens (including phenoxy) is 1. The van der Waals surface area contributed by atoms with Crippen molar-refractivity contribution in [1.82, 2.24) is 0 Å². The topological polar surface area (TPSA) is 27.7 Å². The van der Waals surface area contributed by atoms with Gasteiger partial charge in [0, 0.05) is 13.2 Å². The Morgan fingerprint density at radius 2 is 1.57 bits per heavy atom. The molecular formula is C17H33BO3. The van der Waals surface area contributed by atoms with Gasteiger partial charge in [0.1, 0.15) is 0 Å². The zero-order valence-corrected chi connectivity index (χ0v) is 14.6. The van der Waals surface area contributed by atoms with Crippen molar-refractivity contribution in [2.75, 3.05) is 13.2 Å². The first-order chi connectivity index (χ1) is 9.87. The van der Waals surface area contributed by atoms with Crippen LogP contribution in [0.4, 0.5) is 0 Å². The Kier molecular flexibility index (Phi) is 5.78. The Bertz CT molecular complexity index is 308. The average molecular weight is 296 g/mol. The number of rotatable bonds is 6. The van der Waals surface area contributed by atoms with Crippen molar-refractivity contribution in [2.24, 2.45) is 5.92 Å². The van der Waals surface area contributed by atoms with Gasteiger partial charge < -0.3 is 14.0 Å². The molecule has 0 saturated carbocycles. The Morgan fingerprint density at radius 3 is 2.10 bits per heavy atom. The maximum Gasteiger partial charge on any atom is 0.461 e. The van der Waals surface area contributed by atoms with Gasteiger partial charge in [-0.25, -0.2) is 0 Å². The molecule has 1 atom stereocenters. The van der Waals surface area contributed by atoms with Crippen LogP contribution < -0.4 is 0 Å². The lowest BCUT2D eigenvalue weighted by Gasteiger charge is -2.32. The van der Waals surface area contributed by atoms with Crippen LogP contribution in [0.2, 0.25) is 5.82 Å². The molecule has 4 heteroatoms. The van der Waals surface area contributed by atoms with Crippen molar-refractivity contribution in [3.63, 3.8) is 0 Å². The molecule has 0 N–H and O–H groups in total. The van der Waals surface area contributed by atoms with E-state index in [1.807, 2.05) is 0 Å². The zero-order chi connectivity index (χ0) is 15.5. The number of hydrogen-bond acceptors (Lipinski definition) is 3. The van der Waals surface area contributed by atoms with Crippen LogP contribution in [0.25, 0.3) is 0 Å². The van der Waals surface area contributed by atoms with E-state index in [-0.39, 0.29) is 18.3 Å². The first-order valence-electron chi connectivity index (χ1n) is 8.81. The van der Waals surface area contributed by atoms with E-state index in [9.17, 15) is 0 Å². The molecule has 2 aliphatic rings. The molecule has 0 aliphatic carbocycles. The average Bonchev–Trinajstić information content (AvgIpc) is 2.64. The Hall–Kier alpha value is -0.0551. The molecule has 21 heavy (non-hydrogen) atoms.